The molecule has 1 aliphatic rings. The van der Waals surface area contributed by atoms with Crippen LogP contribution in [0.2, 0.25) is 0 Å². The Kier molecular flexibility index (Phi) is 3.33. The van der Waals surface area contributed by atoms with E-state index in [0.717, 1.165) is 16.6 Å². The Labute approximate surface area is 102 Å². The SMILES string of the molecule is O=C(O)N1CC[C@H](Nc2ccc(Br)cc2)C1. The van der Waals surface area contributed by atoms with E-state index >= 15 is 0 Å². The summed E-state index contributed by atoms with van der Waals surface area (Å²) in [5.74, 6) is 0. The number of amides is 1. The summed E-state index contributed by atoms with van der Waals surface area (Å²) in [5, 5.41) is 12.2. The first-order valence-corrected chi connectivity index (χ1v) is 5.94. The second-order valence-electron chi connectivity index (χ2n) is 3.87. The third-order valence-corrected chi connectivity index (χ3v) is 3.20. The van der Waals surface area contributed by atoms with E-state index in [-0.39, 0.29) is 6.04 Å². The van der Waals surface area contributed by atoms with Crippen LogP contribution in [-0.4, -0.2) is 35.2 Å². The van der Waals surface area contributed by atoms with Crippen molar-refractivity contribution in [2.75, 3.05) is 18.4 Å². The van der Waals surface area contributed by atoms with Crippen molar-refractivity contribution in [2.24, 2.45) is 0 Å². The first-order chi connectivity index (χ1) is 7.65. The maximum atomic E-state index is 10.7. The number of anilines is 1. The van der Waals surface area contributed by atoms with E-state index in [4.69, 9.17) is 5.11 Å². The number of likely N-dealkylation sites (tertiary alicyclic amines) is 1. The Morgan fingerprint density at radius 3 is 2.69 bits per heavy atom. The molecule has 0 bridgehead atoms. The summed E-state index contributed by atoms with van der Waals surface area (Å²) in [6.45, 7) is 1.18. The highest BCUT2D eigenvalue weighted by Crippen LogP contribution is 2.18. The summed E-state index contributed by atoms with van der Waals surface area (Å²) < 4.78 is 1.04. The molecule has 2 rings (SSSR count). The second-order valence-corrected chi connectivity index (χ2v) is 4.78. The van der Waals surface area contributed by atoms with Crippen LogP contribution in [0.15, 0.2) is 28.7 Å². The fourth-order valence-corrected chi connectivity index (χ4v) is 2.10. The quantitative estimate of drug-likeness (QED) is 0.878. The highest BCUT2D eigenvalue weighted by atomic mass is 79.9. The Bertz CT molecular complexity index is 380. The average Bonchev–Trinajstić information content (AvgIpc) is 2.70. The van der Waals surface area contributed by atoms with E-state index in [9.17, 15) is 4.79 Å². The van der Waals surface area contributed by atoms with Crippen LogP contribution in [0.3, 0.4) is 0 Å². The zero-order valence-corrected chi connectivity index (χ0v) is 10.3. The molecule has 2 N–H and O–H groups in total. The maximum Gasteiger partial charge on any atom is 0.407 e. The molecule has 4 nitrogen and oxygen atoms in total. The number of benzene rings is 1. The molecule has 1 aromatic carbocycles. The van der Waals surface area contributed by atoms with Crippen molar-refractivity contribution >= 4 is 27.7 Å². The van der Waals surface area contributed by atoms with Gasteiger partial charge in [0.05, 0.1) is 0 Å². The molecular formula is C11H13BrN2O2. The minimum Gasteiger partial charge on any atom is -0.465 e. The highest BCUT2D eigenvalue weighted by molar-refractivity contribution is 9.10. The molecule has 1 saturated heterocycles. The predicted octanol–water partition coefficient (Wildman–Crippen LogP) is 2.61. The third kappa shape index (κ3) is 2.66. The molecule has 0 aliphatic carbocycles. The smallest absolute Gasteiger partial charge is 0.407 e. The number of hydrogen-bond donors (Lipinski definition) is 2. The lowest BCUT2D eigenvalue weighted by atomic mass is 10.2. The first kappa shape index (κ1) is 11.3. The lowest BCUT2D eigenvalue weighted by molar-refractivity contribution is 0.155. The molecule has 16 heavy (non-hydrogen) atoms. The molecule has 0 spiro atoms. The van der Waals surface area contributed by atoms with Crippen LogP contribution >= 0.6 is 15.9 Å². The summed E-state index contributed by atoms with van der Waals surface area (Å²) in [5.41, 5.74) is 1.03. The number of carbonyl (C=O) groups is 1. The van der Waals surface area contributed by atoms with Gasteiger partial charge in [0.25, 0.3) is 0 Å². The van der Waals surface area contributed by atoms with Crippen LogP contribution in [0, 0.1) is 0 Å². The molecular weight excluding hydrogens is 272 g/mol. The Morgan fingerprint density at radius 2 is 2.12 bits per heavy atom. The van der Waals surface area contributed by atoms with Crippen molar-refractivity contribution in [1.29, 1.82) is 0 Å². The van der Waals surface area contributed by atoms with Gasteiger partial charge in [0, 0.05) is 29.3 Å². The van der Waals surface area contributed by atoms with Gasteiger partial charge in [0.2, 0.25) is 0 Å². The zero-order valence-electron chi connectivity index (χ0n) is 8.69. The Hall–Kier alpha value is -1.23. The van der Waals surface area contributed by atoms with Crippen molar-refractivity contribution in [3.8, 4) is 0 Å². The standard InChI is InChI=1S/C11H13BrN2O2/c12-8-1-3-9(4-2-8)13-10-5-6-14(7-10)11(15)16/h1-4,10,13H,5-7H2,(H,15,16)/t10-/m0/s1. The van der Waals surface area contributed by atoms with Crippen molar-refractivity contribution in [1.82, 2.24) is 4.90 Å². The Balaban J connectivity index is 1.92. The lowest BCUT2D eigenvalue weighted by Crippen LogP contribution is -2.30. The van der Waals surface area contributed by atoms with E-state index in [0.29, 0.717) is 13.1 Å². The molecule has 0 aromatic heterocycles. The van der Waals surface area contributed by atoms with Crippen LogP contribution in [-0.2, 0) is 0 Å². The van der Waals surface area contributed by atoms with Gasteiger partial charge in [0.15, 0.2) is 0 Å². The predicted molar refractivity (Wildman–Crippen MR) is 65.8 cm³/mol. The summed E-state index contributed by atoms with van der Waals surface area (Å²) in [4.78, 5) is 12.2. The molecule has 1 aromatic rings. The van der Waals surface area contributed by atoms with Gasteiger partial charge in [-0.1, -0.05) is 15.9 Å². The molecule has 1 amide bonds. The minimum atomic E-state index is -0.833. The molecule has 0 saturated carbocycles. The average molecular weight is 285 g/mol. The van der Waals surface area contributed by atoms with Gasteiger partial charge in [-0.3, -0.25) is 0 Å². The zero-order chi connectivity index (χ0) is 11.5. The second kappa shape index (κ2) is 4.74. The number of hydrogen-bond acceptors (Lipinski definition) is 2. The molecule has 0 unspecified atom stereocenters. The summed E-state index contributed by atoms with van der Waals surface area (Å²) in [7, 11) is 0. The normalized spacial score (nSPS) is 19.8. The molecule has 86 valence electrons. The van der Waals surface area contributed by atoms with Gasteiger partial charge >= 0.3 is 6.09 Å². The van der Waals surface area contributed by atoms with E-state index in [1.165, 1.54) is 4.90 Å². The summed E-state index contributed by atoms with van der Waals surface area (Å²) >= 11 is 3.37. The monoisotopic (exact) mass is 284 g/mol. The molecule has 5 heteroatoms. The first-order valence-electron chi connectivity index (χ1n) is 5.15. The number of halogens is 1. The fraction of sp³-hybridized carbons (Fsp3) is 0.364. The van der Waals surface area contributed by atoms with Crippen LogP contribution in [0.1, 0.15) is 6.42 Å². The van der Waals surface area contributed by atoms with Gasteiger partial charge in [-0.2, -0.15) is 0 Å². The minimum absolute atomic E-state index is 0.220. The topological polar surface area (TPSA) is 52.6 Å². The number of nitrogens with zero attached hydrogens (tertiary/aromatic N) is 1. The molecule has 1 heterocycles. The number of nitrogens with one attached hydrogen (secondary N) is 1. The third-order valence-electron chi connectivity index (χ3n) is 2.67. The van der Waals surface area contributed by atoms with Crippen molar-refractivity contribution < 1.29 is 9.90 Å². The van der Waals surface area contributed by atoms with Crippen molar-refractivity contribution in [2.45, 2.75) is 12.5 Å². The van der Waals surface area contributed by atoms with Crippen LogP contribution in [0.4, 0.5) is 10.5 Å². The molecule has 1 fully saturated rings. The van der Waals surface area contributed by atoms with Gasteiger partial charge in [-0.05, 0) is 30.7 Å². The van der Waals surface area contributed by atoms with Crippen molar-refractivity contribution in [3.63, 3.8) is 0 Å². The molecule has 1 atom stereocenters. The Morgan fingerprint density at radius 1 is 1.44 bits per heavy atom. The number of rotatable bonds is 2. The lowest BCUT2D eigenvalue weighted by Gasteiger charge is -2.14. The fourth-order valence-electron chi connectivity index (χ4n) is 1.83. The van der Waals surface area contributed by atoms with Gasteiger partial charge < -0.3 is 15.3 Å². The highest BCUT2D eigenvalue weighted by Gasteiger charge is 2.25. The largest absolute Gasteiger partial charge is 0.465 e. The summed E-state index contributed by atoms with van der Waals surface area (Å²) in [6.07, 6.45) is 0.0302. The number of carboxylic acid groups (broad SMARTS) is 1. The van der Waals surface area contributed by atoms with E-state index in [2.05, 4.69) is 21.2 Å². The molecule has 1 aliphatic heterocycles. The maximum absolute atomic E-state index is 10.7. The summed E-state index contributed by atoms with van der Waals surface area (Å²) in [6, 6.07) is 8.11. The van der Waals surface area contributed by atoms with Crippen molar-refractivity contribution in [3.05, 3.63) is 28.7 Å². The van der Waals surface area contributed by atoms with E-state index in [1.807, 2.05) is 24.3 Å². The molecule has 0 radical (unpaired) electrons. The van der Waals surface area contributed by atoms with Gasteiger partial charge in [-0.15, -0.1) is 0 Å². The van der Waals surface area contributed by atoms with Gasteiger partial charge in [0.1, 0.15) is 0 Å². The van der Waals surface area contributed by atoms with Crippen LogP contribution in [0.25, 0.3) is 0 Å². The van der Waals surface area contributed by atoms with Crippen LogP contribution in [0.5, 0.6) is 0 Å². The van der Waals surface area contributed by atoms with Gasteiger partial charge in [-0.25, -0.2) is 4.79 Å². The van der Waals surface area contributed by atoms with E-state index < -0.39 is 6.09 Å². The van der Waals surface area contributed by atoms with Crippen LogP contribution < -0.4 is 5.32 Å². The van der Waals surface area contributed by atoms with E-state index in [1.54, 1.807) is 0 Å².